The predicted molar refractivity (Wildman–Crippen MR) is 301 cm³/mol. The molecule has 0 aromatic heterocycles. The minimum absolute atomic E-state index is 0.0107. The van der Waals surface area contributed by atoms with Gasteiger partial charge in [-0.1, -0.05) is 334 Å². The van der Waals surface area contributed by atoms with Crippen LogP contribution >= 0.6 is 0 Å². The molecule has 0 rings (SSSR count). The molecule has 0 aromatic rings. The second-order valence-corrected chi connectivity index (χ2v) is 21.7. The Bertz CT molecular complexity index is 1010. The topological polar surface area (TPSA) is 89.8 Å². The van der Waals surface area contributed by atoms with Gasteiger partial charge in [0.2, 0.25) is 5.91 Å². The monoisotopic (exact) mass is 958 g/mol. The summed E-state index contributed by atoms with van der Waals surface area (Å²) in [5, 5.41) is 33.5. The fraction of sp³-hybridized carbons (Fsp3) is 0.921. The van der Waals surface area contributed by atoms with E-state index in [0.29, 0.717) is 6.42 Å². The average Bonchev–Trinajstić information content (AvgIpc) is 3.33. The highest BCUT2D eigenvalue weighted by atomic mass is 16.3. The van der Waals surface area contributed by atoms with E-state index in [1.165, 1.54) is 289 Å². The van der Waals surface area contributed by atoms with E-state index in [9.17, 15) is 20.1 Å². The summed E-state index contributed by atoms with van der Waals surface area (Å²) in [6.45, 7) is 4.25. The van der Waals surface area contributed by atoms with E-state index in [1.807, 2.05) is 6.08 Å². The summed E-state index contributed by atoms with van der Waals surface area (Å²) < 4.78 is 0. The molecular weight excluding hydrogens is 835 g/mol. The van der Waals surface area contributed by atoms with Crippen molar-refractivity contribution in [2.75, 3.05) is 6.61 Å². The van der Waals surface area contributed by atoms with Crippen molar-refractivity contribution >= 4 is 5.91 Å². The second kappa shape index (κ2) is 58.4. The van der Waals surface area contributed by atoms with Crippen LogP contribution in [0.1, 0.15) is 348 Å². The molecule has 68 heavy (non-hydrogen) atoms. The van der Waals surface area contributed by atoms with E-state index in [0.717, 1.165) is 32.1 Å². The second-order valence-electron chi connectivity index (χ2n) is 21.7. The molecular formula is C63H123NO4. The number of rotatable bonds is 58. The lowest BCUT2D eigenvalue weighted by Gasteiger charge is -2.21. The molecule has 0 saturated heterocycles. The largest absolute Gasteiger partial charge is 0.394 e. The lowest BCUT2D eigenvalue weighted by Crippen LogP contribution is -2.45. The Hall–Kier alpha value is -1.17. The van der Waals surface area contributed by atoms with E-state index < -0.39 is 18.2 Å². The Kier molecular flexibility index (Phi) is 57.4. The third kappa shape index (κ3) is 54.2. The van der Waals surface area contributed by atoms with Gasteiger partial charge in [-0.2, -0.15) is 0 Å². The molecule has 3 atom stereocenters. The highest BCUT2D eigenvalue weighted by molar-refractivity contribution is 5.76. The molecule has 5 nitrogen and oxygen atoms in total. The fourth-order valence-corrected chi connectivity index (χ4v) is 10.0. The van der Waals surface area contributed by atoms with Crippen LogP contribution in [0.25, 0.3) is 0 Å². The maximum absolute atomic E-state index is 12.5. The highest BCUT2D eigenvalue weighted by Gasteiger charge is 2.20. The van der Waals surface area contributed by atoms with Crippen molar-refractivity contribution in [1.82, 2.24) is 5.32 Å². The first kappa shape index (κ1) is 66.8. The molecule has 0 aliphatic carbocycles. The van der Waals surface area contributed by atoms with E-state index in [2.05, 4.69) is 31.3 Å². The Morgan fingerprint density at radius 3 is 0.941 bits per heavy atom. The molecule has 0 bridgehead atoms. The first-order valence-electron chi connectivity index (χ1n) is 31.1. The first-order chi connectivity index (χ1) is 33.5. The van der Waals surface area contributed by atoms with Crippen LogP contribution in [0.5, 0.6) is 0 Å². The quantitative estimate of drug-likeness (QED) is 0.0361. The standard InChI is InChI=1S/C63H123NO4/c1-3-5-7-9-11-13-15-17-19-21-23-25-27-29-30-31-32-33-34-36-38-40-42-44-46-48-50-52-54-56-60(66)58-63(68)64-61(59-65)62(67)57-55-53-51-49-47-45-43-41-39-37-35-28-26-24-22-20-18-16-14-12-10-8-6-4-2/h47,49,55,57,60-62,65-67H,3-46,48,50-54,56,58-59H2,1-2H3,(H,64,68)/b49-47+,57-55+. The number of carbonyl (C=O) groups excluding carboxylic acids is 1. The number of hydrogen-bond acceptors (Lipinski definition) is 4. The molecule has 5 heteroatoms. The molecule has 0 aliphatic rings. The van der Waals surface area contributed by atoms with Gasteiger partial charge in [-0.3, -0.25) is 4.79 Å². The summed E-state index contributed by atoms with van der Waals surface area (Å²) in [6.07, 6.45) is 75.4. The molecule has 0 aromatic carbocycles. The van der Waals surface area contributed by atoms with Crippen molar-refractivity contribution in [3.05, 3.63) is 24.3 Å². The van der Waals surface area contributed by atoms with Crippen LogP contribution in [0.2, 0.25) is 0 Å². The fourth-order valence-electron chi connectivity index (χ4n) is 10.0. The van der Waals surface area contributed by atoms with Gasteiger partial charge in [0.1, 0.15) is 0 Å². The number of amides is 1. The van der Waals surface area contributed by atoms with Crippen molar-refractivity contribution in [3.63, 3.8) is 0 Å². The Balaban J connectivity index is 3.53. The summed E-state index contributed by atoms with van der Waals surface area (Å²) in [5.41, 5.74) is 0. The summed E-state index contributed by atoms with van der Waals surface area (Å²) in [7, 11) is 0. The first-order valence-corrected chi connectivity index (χ1v) is 31.1. The summed E-state index contributed by atoms with van der Waals surface area (Å²) in [6, 6.07) is -0.760. The highest BCUT2D eigenvalue weighted by Crippen LogP contribution is 2.19. The van der Waals surface area contributed by atoms with Crippen LogP contribution in [-0.4, -0.2) is 46.1 Å². The van der Waals surface area contributed by atoms with Crippen molar-refractivity contribution in [1.29, 1.82) is 0 Å². The average molecular weight is 959 g/mol. The summed E-state index contributed by atoms with van der Waals surface area (Å²) >= 11 is 0. The molecule has 0 heterocycles. The zero-order chi connectivity index (χ0) is 49.3. The molecule has 0 aliphatic heterocycles. The smallest absolute Gasteiger partial charge is 0.222 e. The number of hydrogen-bond donors (Lipinski definition) is 4. The maximum atomic E-state index is 12.5. The van der Waals surface area contributed by atoms with Crippen LogP contribution in [0.15, 0.2) is 24.3 Å². The minimum atomic E-state index is -0.951. The van der Waals surface area contributed by atoms with E-state index in [4.69, 9.17) is 0 Å². The zero-order valence-electron chi connectivity index (χ0n) is 46.3. The van der Waals surface area contributed by atoms with Gasteiger partial charge in [0.15, 0.2) is 0 Å². The summed E-state index contributed by atoms with van der Waals surface area (Å²) in [5.74, 6) is -0.318. The van der Waals surface area contributed by atoms with Gasteiger partial charge in [0, 0.05) is 0 Å². The van der Waals surface area contributed by atoms with Gasteiger partial charge < -0.3 is 20.6 Å². The van der Waals surface area contributed by atoms with Crippen molar-refractivity contribution in [3.8, 4) is 0 Å². The molecule has 1 amide bonds. The molecule has 0 radical (unpaired) electrons. The Morgan fingerprint density at radius 1 is 0.368 bits per heavy atom. The normalized spacial score (nSPS) is 13.3. The third-order valence-electron chi connectivity index (χ3n) is 14.7. The molecule has 0 saturated carbocycles. The SMILES string of the molecule is CCCCCCCCCCCCCCCCCCCC/C=C/CC/C=C/C(O)C(CO)NC(=O)CC(O)CCCCCCCCCCCCCCCCCCCCCCCCCCCCCCC. The van der Waals surface area contributed by atoms with Crippen LogP contribution in [0, 0.1) is 0 Å². The van der Waals surface area contributed by atoms with Crippen LogP contribution in [-0.2, 0) is 4.79 Å². The van der Waals surface area contributed by atoms with Gasteiger partial charge in [0.05, 0.1) is 31.3 Å². The van der Waals surface area contributed by atoms with Gasteiger partial charge in [-0.25, -0.2) is 0 Å². The number of carbonyl (C=O) groups is 1. The molecule has 0 fully saturated rings. The molecule has 404 valence electrons. The van der Waals surface area contributed by atoms with Crippen molar-refractivity contribution in [2.45, 2.75) is 366 Å². The molecule has 4 N–H and O–H groups in total. The zero-order valence-corrected chi connectivity index (χ0v) is 46.3. The van der Waals surface area contributed by atoms with E-state index in [-0.39, 0.29) is 18.9 Å². The van der Waals surface area contributed by atoms with Crippen LogP contribution in [0.3, 0.4) is 0 Å². The van der Waals surface area contributed by atoms with E-state index in [1.54, 1.807) is 6.08 Å². The van der Waals surface area contributed by atoms with Crippen LogP contribution < -0.4 is 5.32 Å². The molecule has 0 spiro atoms. The van der Waals surface area contributed by atoms with Gasteiger partial charge >= 0.3 is 0 Å². The van der Waals surface area contributed by atoms with E-state index >= 15 is 0 Å². The van der Waals surface area contributed by atoms with Gasteiger partial charge in [-0.15, -0.1) is 0 Å². The van der Waals surface area contributed by atoms with Gasteiger partial charge in [0.25, 0.3) is 0 Å². The number of aliphatic hydroxyl groups is 3. The Labute approximate surface area is 426 Å². The van der Waals surface area contributed by atoms with Crippen LogP contribution in [0.4, 0.5) is 0 Å². The number of nitrogens with one attached hydrogen (secondary N) is 1. The number of allylic oxidation sites excluding steroid dienone is 3. The number of aliphatic hydroxyl groups excluding tert-OH is 3. The van der Waals surface area contributed by atoms with Gasteiger partial charge in [-0.05, 0) is 32.1 Å². The van der Waals surface area contributed by atoms with Crippen molar-refractivity contribution in [2.24, 2.45) is 0 Å². The maximum Gasteiger partial charge on any atom is 0.222 e. The lowest BCUT2D eigenvalue weighted by atomic mass is 10.0. The summed E-state index contributed by atoms with van der Waals surface area (Å²) in [4.78, 5) is 12.5. The third-order valence-corrected chi connectivity index (χ3v) is 14.7. The lowest BCUT2D eigenvalue weighted by molar-refractivity contribution is -0.124. The Morgan fingerprint density at radius 2 is 0.632 bits per heavy atom. The van der Waals surface area contributed by atoms with Crippen molar-refractivity contribution < 1.29 is 20.1 Å². The predicted octanol–water partition coefficient (Wildman–Crippen LogP) is 19.6. The molecule has 3 unspecified atom stereocenters. The minimum Gasteiger partial charge on any atom is -0.394 e. The number of unbranched alkanes of at least 4 members (excludes halogenated alkanes) is 47.